The maximum absolute atomic E-state index is 13.0. The van der Waals surface area contributed by atoms with Crippen LogP contribution < -0.4 is 22.9 Å². The van der Waals surface area contributed by atoms with Gasteiger partial charge >= 0.3 is 0 Å². The molecule has 0 amide bonds. The number of carbonyl (C=O) groups is 2. The molecule has 5 aromatic carbocycles. The molecule has 15 rings (SSSR count). The summed E-state index contributed by atoms with van der Waals surface area (Å²) < 4.78 is 30.8. The maximum Gasteiger partial charge on any atom is 0.218 e. The molecule has 474 valence electrons. The molecule has 1 aromatic heterocycles. The second-order valence-electron chi connectivity index (χ2n) is 28.4. The second kappa shape index (κ2) is 27.6. The smallest absolute Gasteiger partial charge is 0.218 e. The Morgan fingerprint density at radius 2 is 1.00 bits per heavy atom. The molecule has 89 heavy (non-hydrogen) atoms. The van der Waals surface area contributed by atoms with Crippen LogP contribution in [-0.4, -0.2) is 30.8 Å². The van der Waals surface area contributed by atoms with E-state index in [1.165, 1.54) is 212 Å². The van der Waals surface area contributed by atoms with Crippen LogP contribution in [-0.2, 0) is 90.9 Å². The minimum absolute atomic E-state index is 0.147. The van der Waals surface area contributed by atoms with Crippen molar-refractivity contribution in [3.63, 3.8) is 0 Å². The minimum Gasteiger partial charge on any atom is -0.453 e. The molecule has 2 unspecified atom stereocenters. The van der Waals surface area contributed by atoms with Gasteiger partial charge in [-0.2, -0.15) is 0 Å². The lowest BCUT2D eigenvalue weighted by Crippen LogP contribution is -2.23. The van der Waals surface area contributed by atoms with Crippen molar-refractivity contribution in [1.82, 2.24) is 0 Å². The molecule has 0 radical (unpaired) electrons. The molecule has 11 heteroatoms. The summed E-state index contributed by atoms with van der Waals surface area (Å²) in [5, 5.41) is 9.80. The van der Waals surface area contributed by atoms with E-state index in [2.05, 4.69) is 69.0 Å². The van der Waals surface area contributed by atoms with Gasteiger partial charge in [0.15, 0.2) is 11.6 Å². The highest BCUT2D eigenvalue weighted by Crippen LogP contribution is 2.46. The van der Waals surface area contributed by atoms with Crippen LogP contribution in [0.5, 0.6) is 0 Å². The van der Waals surface area contributed by atoms with Gasteiger partial charge in [0.1, 0.15) is 5.75 Å². The number of fused-ring (bicyclic) bond motifs is 5. The van der Waals surface area contributed by atoms with Gasteiger partial charge < -0.3 is 32.5 Å². The molecule has 1 heterocycles. The summed E-state index contributed by atoms with van der Waals surface area (Å²) in [4.78, 5) is 25.1. The Morgan fingerprint density at radius 1 is 0.551 bits per heavy atom. The second-order valence-corrected chi connectivity index (χ2v) is 30.3. The molecule has 9 aliphatic rings. The highest BCUT2D eigenvalue weighted by molar-refractivity contribution is 7.92. The average molecular weight is 1220 g/mol. The Morgan fingerprint density at radius 3 is 1.49 bits per heavy atom. The highest BCUT2D eigenvalue weighted by Gasteiger charge is 2.34. The average Bonchev–Trinajstić information content (AvgIpc) is 1.89. The predicted octanol–water partition coefficient (Wildman–Crippen LogP) is 16.2. The van der Waals surface area contributed by atoms with Gasteiger partial charge in [-0.3, -0.25) is 9.59 Å². The van der Waals surface area contributed by atoms with Gasteiger partial charge in [0.05, 0.1) is 11.9 Å². The number of aryl methyl sites for hydroxylation is 5. The number of nitrogen functional groups attached to an aromatic ring is 4. The van der Waals surface area contributed by atoms with Gasteiger partial charge in [-0.25, -0.2) is 8.42 Å². The number of benzene rings is 5. The van der Waals surface area contributed by atoms with Crippen LogP contribution in [0.3, 0.4) is 0 Å². The van der Waals surface area contributed by atoms with Crippen molar-refractivity contribution in [2.75, 3.05) is 28.7 Å². The molecule has 2 atom stereocenters. The molecule has 4 saturated carbocycles. The normalized spacial score (nSPS) is 18.8. The number of nitrogens with two attached hydrogens (primary N) is 4. The fourth-order valence-corrected chi connectivity index (χ4v) is 16.8. The lowest BCUT2D eigenvalue weighted by atomic mass is 9.72. The van der Waals surface area contributed by atoms with Crippen LogP contribution >= 0.6 is 0 Å². The van der Waals surface area contributed by atoms with Gasteiger partial charge in [-0.05, 0) is 281 Å². The first-order valence-electron chi connectivity index (χ1n) is 34.2. The van der Waals surface area contributed by atoms with E-state index in [9.17, 15) is 23.1 Å². The molecule has 0 saturated heterocycles. The summed E-state index contributed by atoms with van der Waals surface area (Å²) >= 11 is 0. The molecule has 0 spiro atoms. The number of carbonyl (C=O) groups excluding carboxylic acids is 2. The van der Waals surface area contributed by atoms with Gasteiger partial charge in [0.25, 0.3) is 0 Å². The predicted molar refractivity (Wildman–Crippen MR) is 364 cm³/mol. The summed E-state index contributed by atoms with van der Waals surface area (Å²) in [6.45, 7) is 12.0. The van der Waals surface area contributed by atoms with Crippen molar-refractivity contribution in [2.45, 2.75) is 230 Å². The number of furan rings is 1. The Labute approximate surface area is 531 Å². The van der Waals surface area contributed by atoms with Crippen LogP contribution in [0, 0.1) is 23.7 Å². The first-order chi connectivity index (χ1) is 42.7. The molecule has 0 bridgehead atoms. The van der Waals surface area contributed by atoms with Crippen LogP contribution in [0.2, 0.25) is 0 Å². The summed E-state index contributed by atoms with van der Waals surface area (Å²) in [7, 11) is -3.90. The molecule has 6 aromatic rings. The Hall–Kier alpha value is -6.43. The zero-order valence-corrected chi connectivity index (χ0v) is 54.7. The van der Waals surface area contributed by atoms with Gasteiger partial charge in [-0.1, -0.05) is 101 Å². The van der Waals surface area contributed by atoms with Crippen LogP contribution in [0.1, 0.15) is 242 Å². The Balaban J connectivity index is 0.000000121. The summed E-state index contributed by atoms with van der Waals surface area (Å²) in [6, 6.07) is 25.0. The van der Waals surface area contributed by atoms with Gasteiger partial charge in [0.2, 0.25) is 14.9 Å². The number of allylic oxidation sites excluding steroid dienone is 1. The van der Waals surface area contributed by atoms with E-state index in [0.717, 1.165) is 91.2 Å². The lowest BCUT2D eigenvalue weighted by Gasteiger charge is -2.33. The summed E-state index contributed by atoms with van der Waals surface area (Å²) in [5.74, 6) is 2.91. The monoisotopic (exact) mass is 1220 g/mol. The SMILES string of the molecule is C=C(c1ccc2c(c1N)CCC2)C1CCC1.CC(c1ccc2c(c1CC(=O)CS(=O)(=O)c1cc(C(C)(C)O)co1)CCC2)C1CCC1.CC(c1ccc2c(c1N)CCC2)C1CCC1.Nc1c(C(=O)C2CCC2)ccc2c1CCC2.Nc1cccc2c1CCC2. The fourth-order valence-electron chi connectivity index (χ4n) is 15.6. The Bertz CT molecular complexity index is 3610. The first-order valence-corrected chi connectivity index (χ1v) is 35.9. The summed E-state index contributed by atoms with van der Waals surface area (Å²) in [6.07, 6.45) is 34.0. The van der Waals surface area contributed by atoms with E-state index < -0.39 is 21.2 Å². The van der Waals surface area contributed by atoms with Crippen molar-refractivity contribution in [3.8, 4) is 0 Å². The van der Waals surface area contributed by atoms with Crippen LogP contribution in [0.4, 0.5) is 22.7 Å². The Kier molecular flexibility index (Phi) is 19.9. The number of Topliss-reactive ketones (excluding diaryl/α,β-unsaturated/α-hetero) is 2. The van der Waals surface area contributed by atoms with E-state index in [0.29, 0.717) is 29.2 Å². The standard InChI is InChI=1S/C25H32O5S.C15H21N.C15H19N.C14H17NO.C9H11N/c1-16(17-6-4-7-17)21-11-10-18-8-5-9-22(18)23(21)13-20(26)15-31(28,29)24-12-19(14-30-24)25(2,3)27;2*1-10(11-4-2-5-11)13-9-8-12-6-3-7-14(12)15(13)16;15-13-11-6-2-3-9(11)7-8-12(13)14(16)10-4-1-5-10;10-9-6-2-4-7-3-1-5-8(7)9/h10-12,14,16-17,27H,4-9,13,15H2,1-3H3;8-11H,2-7,16H2,1H3;8-9,11H,1-7,16H2;7-8,10H,1-6,15H2;2,4,6H,1,3,5,10H2. The largest absolute Gasteiger partial charge is 0.453 e. The molecular weight excluding hydrogens is 1120 g/mol. The van der Waals surface area contributed by atoms with Gasteiger partial charge in [-0.15, -0.1) is 0 Å². The van der Waals surface area contributed by atoms with E-state index in [1.807, 2.05) is 18.2 Å². The lowest BCUT2D eigenvalue weighted by molar-refractivity contribution is -0.116. The highest BCUT2D eigenvalue weighted by atomic mass is 32.2. The van der Waals surface area contributed by atoms with E-state index in [-0.39, 0.29) is 29.0 Å². The molecule has 9 N–H and O–H groups in total. The number of aliphatic hydroxyl groups is 1. The third kappa shape index (κ3) is 14.1. The number of anilines is 4. The first kappa shape index (κ1) is 64.1. The molecular formula is C78H100N4O6S. The minimum atomic E-state index is -3.90. The van der Waals surface area contributed by atoms with Crippen molar-refractivity contribution in [2.24, 2.45) is 23.7 Å². The number of ketones is 2. The fraction of sp³-hybridized carbons (Fsp3) is 0.513. The van der Waals surface area contributed by atoms with Crippen molar-refractivity contribution in [3.05, 3.63) is 175 Å². The van der Waals surface area contributed by atoms with E-state index in [1.54, 1.807) is 13.8 Å². The third-order valence-electron chi connectivity index (χ3n) is 22.3. The van der Waals surface area contributed by atoms with E-state index in [4.69, 9.17) is 27.4 Å². The van der Waals surface area contributed by atoms with Crippen molar-refractivity contribution in [1.29, 1.82) is 0 Å². The quantitative estimate of drug-likeness (QED) is 0.0515. The zero-order valence-electron chi connectivity index (χ0n) is 53.9. The molecule has 10 nitrogen and oxygen atoms in total. The molecule has 9 aliphatic carbocycles. The zero-order chi connectivity index (χ0) is 62.7. The van der Waals surface area contributed by atoms with Crippen LogP contribution in [0.25, 0.3) is 5.57 Å². The topological polar surface area (TPSA) is 206 Å². The number of hydrogen-bond donors (Lipinski definition) is 5. The van der Waals surface area contributed by atoms with E-state index >= 15 is 0 Å². The molecule has 0 aliphatic heterocycles. The number of hydrogen-bond acceptors (Lipinski definition) is 10. The third-order valence-corrected chi connectivity index (χ3v) is 23.9. The number of sulfone groups is 1. The van der Waals surface area contributed by atoms with Crippen molar-refractivity contribution >= 4 is 49.7 Å². The van der Waals surface area contributed by atoms with Gasteiger partial charge in [0, 0.05) is 57.8 Å². The molecule has 4 fully saturated rings. The van der Waals surface area contributed by atoms with Crippen molar-refractivity contribution < 1.29 is 27.5 Å². The summed E-state index contributed by atoms with van der Waals surface area (Å²) in [5.41, 5.74) is 48.4. The number of rotatable bonds is 14. The van der Waals surface area contributed by atoms with Crippen LogP contribution in [0.15, 0.2) is 95.1 Å². The maximum atomic E-state index is 13.0.